The summed E-state index contributed by atoms with van der Waals surface area (Å²) < 4.78 is 0. The SMILES string of the molecule is CC(O)(CNC(=O)NCc1ccc(C#N)cc1)CC(=O)O. The molecule has 0 radical (unpaired) electrons. The van der Waals surface area contributed by atoms with Crippen LogP contribution in [0.1, 0.15) is 24.5 Å². The zero-order valence-corrected chi connectivity index (χ0v) is 11.6. The fraction of sp³-hybridized carbons (Fsp3) is 0.357. The number of carboxylic acids is 1. The van der Waals surface area contributed by atoms with Crippen LogP contribution >= 0.6 is 0 Å². The molecule has 0 spiro atoms. The lowest BCUT2D eigenvalue weighted by Gasteiger charge is -2.21. The number of hydrogen-bond acceptors (Lipinski definition) is 4. The zero-order chi connectivity index (χ0) is 15.9. The lowest BCUT2D eigenvalue weighted by atomic mass is 10.0. The van der Waals surface area contributed by atoms with Gasteiger partial charge in [0.05, 0.1) is 23.7 Å². The van der Waals surface area contributed by atoms with E-state index in [1.807, 2.05) is 6.07 Å². The molecule has 1 aromatic rings. The molecule has 1 aromatic carbocycles. The standard InChI is InChI=1S/C14H17N3O4/c1-14(21,6-12(18)19)9-17-13(20)16-8-11-4-2-10(7-15)3-5-11/h2-5,21H,6,8-9H2,1H3,(H,18,19)(H2,16,17,20). The monoisotopic (exact) mass is 291 g/mol. The molecule has 1 rings (SSSR count). The van der Waals surface area contributed by atoms with Crippen LogP contribution in [0.3, 0.4) is 0 Å². The maximum absolute atomic E-state index is 11.5. The number of amides is 2. The van der Waals surface area contributed by atoms with E-state index in [4.69, 9.17) is 10.4 Å². The minimum absolute atomic E-state index is 0.168. The first kappa shape index (κ1) is 16.5. The normalized spacial score (nSPS) is 12.8. The molecule has 4 N–H and O–H groups in total. The Kier molecular flexibility index (Phi) is 5.69. The van der Waals surface area contributed by atoms with Crippen LogP contribution in [0, 0.1) is 11.3 Å². The second-order valence-corrected chi connectivity index (χ2v) is 4.91. The lowest BCUT2D eigenvalue weighted by molar-refractivity contribution is -0.141. The molecule has 1 atom stereocenters. The average molecular weight is 291 g/mol. The number of carboxylic acid groups (broad SMARTS) is 1. The van der Waals surface area contributed by atoms with Crippen molar-refractivity contribution in [2.45, 2.75) is 25.5 Å². The Morgan fingerprint density at radius 1 is 1.29 bits per heavy atom. The molecule has 0 aliphatic heterocycles. The van der Waals surface area contributed by atoms with Crippen molar-refractivity contribution in [2.75, 3.05) is 6.54 Å². The predicted molar refractivity (Wildman–Crippen MR) is 74.3 cm³/mol. The Bertz CT molecular complexity index is 546. The third-order valence-corrected chi connectivity index (χ3v) is 2.70. The van der Waals surface area contributed by atoms with E-state index >= 15 is 0 Å². The highest BCUT2D eigenvalue weighted by Crippen LogP contribution is 2.07. The summed E-state index contributed by atoms with van der Waals surface area (Å²) in [6, 6.07) is 8.22. The number of rotatable bonds is 6. The molecule has 112 valence electrons. The van der Waals surface area contributed by atoms with Crippen molar-refractivity contribution in [1.82, 2.24) is 10.6 Å². The van der Waals surface area contributed by atoms with Crippen LogP contribution in [0.5, 0.6) is 0 Å². The molecule has 7 nitrogen and oxygen atoms in total. The third kappa shape index (κ3) is 6.40. The van der Waals surface area contributed by atoms with Crippen LogP contribution in [0.25, 0.3) is 0 Å². The minimum atomic E-state index is -1.50. The quantitative estimate of drug-likeness (QED) is 0.610. The molecule has 0 aromatic heterocycles. The van der Waals surface area contributed by atoms with Crippen molar-refractivity contribution >= 4 is 12.0 Å². The van der Waals surface area contributed by atoms with Crippen molar-refractivity contribution in [3.8, 4) is 6.07 Å². The van der Waals surface area contributed by atoms with Crippen molar-refractivity contribution in [3.05, 3.63) is 35.4 Å². The summed E-state index contributed by atoms with van der Waals surface area (Å²) in [4.78, 5) is 22.1. The second-order valence-electron chi connectivity index (χ2n) is 4.91. The number of nitrogens with one attached hydrogen (secondary N) is 2. The molecule has 0 saturated carbocycles. The average Bonchev–Trinajstić information content (AvgIpc) is 2.42. The van der Waals surface area contributed by atoms with Crippen LogP contribution < -0.4 is 10.6 Å². The van der Waals surface area contributed by atoms with Gasteiger partial charge in [0, 0.05) is 13.1 Å². The topological polar surface area (TPSA) is 122 Å². The molecule has 0 heterocycles. The number of nitrogens with zero attached hydrogens (tertiary/aromatic N) is 1. The molecule has 1 unspecified atom stereocenters. The van der Waals surface area contributed by atoms with Gasteiger partial charge in [-0.2, -0.15) is 5.26 Å². The maximum atomic E-state index is 11.5. The summed E-state index contributed by atoms with van der Waals surface area (Å²) in [7, 11) is 0. The van der Waals surface area contributed by atoms with Gasteiger partial charge < -0.3 is 20.8 Å². The van der Waals surface area contributed by atoms with E-state index in [-0.39, 0.29) is 13.1 Å². The molecule has 0 saturated heterocycles. The Labute approximate surface area is 122 Å². The molecule has 0 fully saturated rings. The van der Waals surface area contributed by atoms with Gasteiger partial charge >= 0.3 is 12.0 Å². The van der Waals surface area contributed by atoms with E-state index < -0.39 is 24.0 Å². The number of benzene rings is 1. The highest BCUT2D eigenvalue weighted by Gasteiger charge is 2.24. The molecular weight excluding hydrogens is 274 g/mol. The van der Waals surface area contributed by atoms with E-state index in [2.05, 4.69) is 10.6 Å². The van der Waals surface area contributed by atoms with E-state index in [0.29, 0.717) is 5.56 Å². The highest BCUT2D eigenvalue weighted by atomic mass is 16.4. The van der Waals surface area contributed by atoms with E-state index in [0.717, 1.165) is 5.56 Å². The van der Waals surface area contributed by atoms with Crippen LogP contribution in [0.4, 0.5) is 4.79 Å². The third-order valence-electron chi connectivity index (χ3n) is 2.70. The van der Waals surface area contributed by atoms with Crippen molar-refractivity contribution in [2.24, 2.45) is 0 Å². The maximum Gasteiger partial charge on any atom is 0.315 e. The molecule has 21 heavy (non-hydrogen) atoms. The van der Waals surface area contributed by atoms with Crippen LogP contribution in [0.2, 0.25) is 0 Å². The number of urea groups is 1. The summed E-state index contributed by atoms with van der Waals surface area (Å²) in [6.07, 6.45) is -0.455. The number of carbonyl (C=O) groups is 2. The summed E-state index contributed by atoms with van der Waals surface area (Å²) in [5.74, 6) is -1.14. The van der Waals surface area contributed by atoms with Crippen LogP contribution in [-0.2, 0) is 11.3 Å². The van der Waals surface area contributed by atoms with Gasteiger partial charge in [0.25, 0.3) is 0 Å². The van der Waals surface area contributed by atoms with Gasteiger partial charge in [0.15, 0.2) is 0 Å². The predicted octanol–water partition coefficient (Wildman–Crippen LogP) is 0.583. The first-order valence-corrected chi connectivity index (χ1v) is 6.27. The van der Waals surface area contributed by atoms with Crippen molar-refractivity contribution in [3.63, 3.8) is 0 Å². The van der Waals surface area contributed by atoms with Crippen molar-refractivity contribution in [1.29, 1.82) is 5.26 Å². The van der Waals surface area contributed by atoms with Gasteiger partial charge in [0.2, 0.25) is 0 Å². The lowest BCUT2D eigenvalue weighted by Crippen LogP contribution is -2.45. The summed E-state index contributed by atoms with van der Waals surface area (Å²) in [5.41, 5.74) is -0.146. The Morgan fingerprint density at radius 3 is 2.43 bits per heavy atom. The first-order chi connectivity index (χ1) is 9.82. The van der Waals surface area contributed by atoms with Gasteiger partial charge in [-0.1, -0.05) is 12.1 Å². The number of aliphatic hydroxyl groups is 1. The number of nitriles is 1. The van der Waals surface area contributed by atoms with Crippen LogP contribution in [-0.4, -0.2) is 34.4 Å². The number of hydrogen-bond donors (Lipinski definition) is 4. The second kappa shape index (κ2) is 7.26. The molecular formula is C14H17N3O4. The van der Waals surface area contributed by atoms with E-state index in [9.17, 15) is 14.7 Å². The highest BCUT2D eigenvalue weighted by molar-refractivity contribution is 5.74. The number of carbonyl (C=O) groups excluding carboxylic acids is 1. The smallest absolute Gasteiger partial charge is 0.315 e. The molecule has 7 heteroatoms. The molecule has 0 bridgehead atoms. The van der Waals surface area contributed by atoms with Crippen LogP contribution in [0.15, 0.2) is 24.3 Å². The molecule has 2 amide bonds. The number of aliphatic carboxylic acids is 1. The Hall–Kier alpha value is -2.59. The summed E-state index contributed by atoms with van der Waals surface area (Å²) >= 11 is 0. The Morgan fingerprint density at radius 2 is 1.90 bits per heavy atom. The molecule has 0 aliphatic rings. The van der Waals surface area contributed by atoms with E-state index in [1.54, 1.807) is 24.3 Å². The fourth-order valence-corrected chi connectivity index (χ4v) is 1.60. The van der Waals surface area contributed by atoms with Gasteiger partial charge in [0.1, 0.15) is 0 Å². The zero-order valence-electron chi connectivity index (χ0n) is 11.6. The first-order valence-electron chi connectivity index (χ1n) is 6.27. The fourth-order valence-electron chi connectivity index (χ4n) is 1.60. The molecule has 0 aliphatic carbocycles. The van der Waals surface area contributed by atoms with Gasteiger partial charge in [-0.05, 0) is 24.6 Å². The summed E-state index contributed by atoms with van der Waals surface area (Å²) in [5, 5.41) is 32.0. The van der Waals surface area contributed by atoms with Crippen molar-refractivity contribution < 1.29 is 19.8 Å². The van der Waals surface area contributed by atoms with E-state index in [1.165, 1.54) is 6.92 Å². The van der Waals surface area contributed by atoms with Gasteiger partial charge in [-0.15, -0.1) is 0 Å². The largest absolute Gasteiger partial charge is 0.481 e. The summed E-state index contributed by atoms with van der Waals surface area (Å²) in [6.45, 7) is 1.43. The minimum Gasteiger partial charge on any atom is -0.481 e. The Balaban J connectivity index is 2.37. The van der Waals surface area contributed by atoms with Gasteiger partial charge in [-0.3, -0.25) is 4.79 Å². The van der Waals surface area contributed by atoms with Gasteiger partial charge in [-0.25, -0.2) is 4.79 Å².